The number of hydrogen-bond donors (Lipinski definition) is 2. The zero-order chi connectivity index (χ0) is 27.7. The standard InChI is InChI=1S/C34H34N2O4/c1-38-32-17-12-24(20-33(32)39-2)18-19-35-34(37)21-29(30-22-36-31-11-7-6-10-28(30)31)26-13-15-27(16-14-26)40-23-25-8-4-3-5-9-25/h3-17,20,22,29,36H,18-19,21,23H2,1-2H3,(H,35,37). The minimum Gasteiger partial charge on any atom is -0.493 e. The third-order valence-electron chi connectivity index (χ3n) is 7.10. The molecule has 0 spiro atoms. The molecule has 5 aromatic rings. The number of carbonyl (C=O) groups excluding carboxylic acids is 1. The summed E-state index contributed by atoms with van der Waals surface area (Å²) in [6, 6.07) is 32.2. The number of carbonyl (C=O) groups is 1. The fourth-order valence-corrected chi connectivity index (χ4v) is 4.97. The Balaban J connectivity index is 1.28. The predicted molar refractivity (Wildman–Crippen MR) is 158 cm³/mol. The average Bonchev–Trinajstić information content (AvgIpc) is 3.43. The first-order valence-corrected chi connectivity index (χ1v) is 13.4. The first-order valence-electron chi connectivity index (χ1n) is 13.4. The minimum absolute atomic E-state index is 0.000150. The molecule has 0 saturated heterocycles. The Morgan fingerprint density at radius 1 is 0.825 bits per heavy atom. The number of rotatable bonds is 12. The number of methoxy groups -OCH3 is 2. The molecule has 6 heteroatoms. The van der Waals surface area contributed by atoms with Crippen molar-refractivity contribution in [3.63, 3.8) is 0 Å². The number of amides is 1. The van der Waals surface area contributed by atoms with Gasteiger partial charge in [-0.15, -0.1) is 0 Å². The second-order valence-electron chi connectivity index (χ2n) is 9.68. The molecule has 0 fully saturated rings. The van der Waals surface area contributed by atoms with Gasteiger partial charge < -0.3 is 24.5 Å². The molecule has 6 nitrogen and oxygen atoms in total. The number of para-hydroxylation sites is 1. The lowest BCUT2D eigenvalue weighted by Crippen LogP contribution is -2.27. The lowest BCUT2D eigenvalue weighted by molar-refractivity contribution is -0.121. The Hall–Kier alpha value is -4.71. The summed E-state index contributed by atoms with van der Waals surface area (Å²) in [5, 5.41) is 4.23. The summed E-state index contributed by atoms with van der Waals surface area (Å²) in [7, 11) is 3.24. The predicted octanol–water partition coefficient (Wildman–Crippen LogP) is 6.65. The second kappa shape index (κ2) is 12.9. The molecule has 2 N–H and O–H groups in total. The number of ether oxygens (including phenoxy) is 3. The molecule has 0 aliphatic heterocycles. The summed E-state index contributed by atoms with van der Waals surface area (Å²) in [6.07, 6.45) is 3.04. The largest absolute Gasteiger partial charge is 0.493 e. The van der Waals surface area contributed by atoms with Gasteiger partial charge in [0.25, 0.3) is 0 Å². The van der Waals surface area contributed by atoms with Crippen molar-refractivity contribution in [2.24, 2.45) is 0 Å². The maximum Gasteiger partial charge on any atom is 0.220 e. The first kappa shape index (κ1) is 26.9. The van der Waals surface area contributed by atoms with E-state index in [1.54, 1.807) is 14.2 Å². The van der Waals surface area contributed by atoms with E-state index in [0.29, 0.717) is 37.5 Å². The number of nitrogens with one attached hydrogen (secondary N) is 2. The lowest BCUT2D eigenvalue weighted by Gasteiger charge is -2.18. The van der Waals surface area contributed by atoms with Gasteiger partial charge in [0.1, 0.15) is 12.4 Å². The van der Waals surface area contributed by atoms with Crippen molar-refractivity contribution in [2.45, 2.75) is 25.4 Å². The molecular formula is C34H34N2O4. The molecule has 0 aliphatic rings. The molecule has 4 aromatic carbocycles. The third-order valence-corrected chi connectivity index (χ3v) is 7.10. The van der Waals surface area contributed by atoms with Crippen LogP contribution in [0.3, 0.4) is 0 Å². The zero-order valence-corrected chi connectivity index (χ0v) is 22.9. The van der Waals surface area contributed by atoms with Crippen LogP contribution in [0.25, 0.3) is 10.9 Å². The summed E-state index contributed by atoms with van der Waals surface area (Å²) in [6.45, 7) is 1.04. The van der Waals surface area contributed by atoms with E-state index >= 15 is 0 Å². The molecule has 0 radical (unpaired) electrons. The smallest absolute Gasteiger partial charge is 0.220 e. The first-order chi connectivity index (χ1) is 19.6. The van der Waals surface area contributed by atoms with Gasteiger partial charge in [-0.2, -0.15) is 0 Å². The van der Waals surface area contributed by atoms with Gasteiger partial charge in [-0.05, 0) is 59.0 Å². The van der Waals surface area contributed by atoms with E-state index in [1.807, 2.05) is 79.0 Å². The highest BCUT2D eigenvalue weighted by Gasteiger charge is 2.21. The van der Waals surface area contributed by atoms with Crippen LogP contribution in [0.5, 0.6) is 17.2 Å². The van der Waals surface area contributed by atoms with Crippen LogP contribution in [0.15, 0.2) is 103 Å². The molecule has 0 bridgehead atoms. The lowest BCUT2D eigenvalue weighted by atomic mass is 9.88. The normalized spacial score (nSPS) is 11.7. The van der Waals surface area contributed by atoms with E-state index < -0.39 is 0 Å². The van der Waals surface area contributed by atoms with Crippen molar-refractivity contribution in [3.8, 4) is 17.2 Å². The highest BCUT2D eigenvalue weighted by Crippen LogP contribution is 2.34. The van der Waals surface area contributed by atoms with Gasteiger partial charge in [-0.1, -0.05) is 66.7 Å². The number of benzene rings is 4. The topological polar surface area (TPSA) is 72.6 Å². The third kappa shape index (κ3) is 6.46. The molecule has 1 aromatic heterocycles. The zero-order valence-electron chi connectivity index (χ0n) is 22.9. The van der Waals surface area contributed by atoms with Gasteiger partial charge in [-0.3, -0.25) is 4.79 Å². The van der Waals surface area contributed by atoms with E-state index in [1.165, 1.54) is 0 Å². The molecule has 5 rings (SSSR count). The molecule has 1 atom stereocenters. The Labute approximate surface area is 234 Å². The Morgan fingerprint density at radius 3 is 2.35 bits per heavy atom. The molecule has 1 unspecified atom stereocenters. The molecule has 0 saturated carbocycles. The summed E-state index contributed by atoms with van der Waals surface area (Å²) < 4.78 is 16.7. The van der Waals surface area contributed by atoms with Crippen molar-refractivity contribution in [2.75, 3.05) is 20.8 Å². The van der Waals surface area contributed by atoms with Crippen LogP contribution in [-0.4, -0.2) is 31.7 Å². The fraction of sp³-hybridized carbons (Fsp3) is 0.206. The van der Waals surface area contributed by atoms with Crippen LogP contribution in [0.2, 0.25) is 0 Å². The van der Waals surface area contributed by atoms with E-state index in [9.17, 15) is 4.79 Å². The van der Waals surface area contributed by atoms with Gasteiger partial charge in [0.05, 0.1) is 14.2 Å². The van der Waals surface area contributed by atoms with E-state index in [2.05, 4.69) is 34.6 Å². The molecule has 40 heavy (non-hydrogen) atoms. The number of aromatic amines is 1. The van der Waals surface area contributed by atoms with Crippen LogP contribution in [-0.2, 0) is 17.8 Å². The Morgan fingerprint density at radius 2 is 1.57 bits per heavy atom. The molecule has 1 heterocycles. The van der Waals surface area contributed by atoms with Crippen LogP contribution < -0.4 is 19.5 Å². The highest BCUT2D eigenvalue weighted by atomic mass is 16.5. The monoisotopic (exact) mass is 534 g/mol. The van der Waals surface area contributed by atoms with Crippen molar-refractivity contribution in [3.05, 3.63) is 126 Å². The second-order valence-corrected chi connectivity index (χ2v) is 9.68. The average molecular weight is 535 g/mol. The van der Waals surface area contributed by atoms with Crippen LogP contribution in [0.4, 0.5) is 0 Å². The summed E-state index contributed by atoms with van der Waals surface area (Å²) in [5.41, 5.74) is 5.40. The summed E-state index contributed by atoms with van der Waals surface area (Å²) in [4.78, 5) is 16.6. The van der Waals surface area contributed by atoms with Gasteiger partial charge in [-0.25, -0.2) is 0 Å². The van der Waals surface area contributed by atoms with Crippen molar-refractivity contribution >= 4 is 16.8 Å². The number of aromatic nitrogens is 1. The maximum absolute atomic E-state index is 13.2. The fourth-order valence-electron chi connectivity index (χ4n) is 4.97. The molecular weight excluding hydrogens is 500 g/mol. The molecule has 1 amide bonds. The van der Waals surface area contributed by atoms with Crippen molar-refractivity contribution in [1.82, 2.24) is 10.3 Å². The van der Waals surface area contributed by atoms with Crippen LogP contribution in [0.1, 0.15) is 34.6 Å². The quantitative estimate of drug-likeness (QED) is 0.188. The summed E-state index contributed by atoms with van der Waals surface area (Å²) >= 11 is 0. The SMILES string of the molecule is COc1ccc(CCNC(=O)CC(c2ccc(OCc3ccccc3)cc2)c2c[nH]c3ccccc23)cc1OC. The van der Waals surface area contributed by atoms with Crippen molar-refractivity contribution in [1.29, 1.82) is 0 Å². The maximum atomic E-state index is 13.2. The highest BCUT2D eigenvalue weighted by molar-refractivity contribution is 5.86. The molecule has 0 aliphatic carbocycles. The van der Waals surface area contributed by atoms with E-state index in [-0.39, 0.29) is 11.8 Å². The van der Waals surface area contributed by atoms with Crippen molar-refractivity contribution < 1.29 is 19.0 Å². The van der Waals surface area contributed by atoms with Crippen LogP contribution >= 0.6 is 0 Å². The Bertz CT molecular complexity index is 1540. The number of H-pyrrole nitrogens is 1. The molecule has 204 valence electrons. The van der Waals surface area contributed by atoms with E-state index in [0.717, 1.165) is 38.9 Å². The minimum atomic E-state index is -0.111. The number of fused-ring (bicyclic) bond motifs is 1. The van der Waals surface area contributed by atoms with Gasteiger partial charge >= 0.3 is 0 Å². The number of hydrogen-bond acceptors (Lipinski definition) is 4. The Kier molecular flexibility index (Phi) is 8.66. The van der Waals surface area contributed by atoms with Crippen LogP contribution in [0, 0.1) is 0 Å². The van der Waals surface area contributed by atoms with Gasteiger partial charge in [0.2, 0.25) is 5.91 Å². The van der Waals surface area contributed by atoms with E-state index in [4.69, 9.17) is 14.2 Å². The summed E-state index contributed by atoms with van der Waals surface area (Å²) in [5.74, 6) is 2.06. The van der Waals surface area contributed by atoms with Gasteiger partial charge in [0, 0.05) is 36.0 Å². The van der Waals surface area contributed by atoms with Gasteiger partial charge in [0.15, 0.2) is 11.5 Å².